The number of carbonyl (C=O) groups excluding carboxylic acids is 1. The Bertz CT molecular complexity index is 472. The third-order valence-electron chi connectivity index (χ3n) is 3.14. The average molecular weight is 264 g/mol. The smallest absolute Gasteiger partial charge is 0.326 e. The van der Waals surface area contributed by atoms with Crippen LogP contribution < -0.4 is 10.1 Å². The van der Waals surface area contributed by atoms with Gasteiger partial charge in [-0.3, -0.25) is 0 Å². The molecular formula is C13H16N2O4. The Morgan fingerprint density at radius 3 is 2.63 bits per heavy atom. The first-order valence-corrected chi connectivity index (χ1v) is 6.06. The maximum absolute atomic E-state index is 12.0. The average Bonchev–Trinajstić information content (AvgIpc) is 2.89. The first kappa shape index (κ1) is 13.2. The van der Waals surface area contributed by atoms with Crippen LogP contribution in [0.2, 0.25) is 0 Å². The summed E-state index contributed by atoms with van der Waals surface area (Å²) in [5.74, 6) is -0.259. The van der Waals surface area contributed by atoms with Gasteiger partial charge in [-0.15, -0.1) is 0 Å². The number of carboxylic acid groups (broad SMARTS) is 1. The van der Waals surface area contributed by atoms with E-state index in [1.807, 2.05) is 0 Å². The van der Waals surface area contributed by atoms with Crippen molar-refractivity contribution in [1.82, 2.24) is 4.90 Å². The number of amides is 2. The van der Waals surface area contributed by atoms with E-state index in [4.69, 9.17) is 9.84 Å². The van der Waals surface area contributed by atoms with Crippen molar-refractivity contribution in [3.63, 3.8) is 0 Å². The first-order chi connectivity index (χ1) is 9.11. The summed E-state index contributed by atoms with van der Waals surface area (Å²) in [6.07, 6.45) is 1.22. The molecule has 1 aliphatic rings. The first-order valence-electron chi connectivity index (χ1n) is 6.06. The third-order valence-corrected chi connectivity index (χ3v) is 3.14. The Morgan fingerprint density at radius 1 is 1.37 bits per heavy atom. The number of anilines is 1. The Morgan fingerprint density at radius 2 is 2.05 bits per heavy atom. The summed E-state index contributed by atoms with van der Waals surface area (Å²) in [5, 5.41) is 11.7. The van der Waals surface area contributed by atoms with E-state index in [0.29, 0.717) is 30.8 Å². The second-order valence-electron chi connectivity index (χ2n) is 4.35. The molecule has 0 unspecified atom stereocenters. The van der Waals surface area contributed by atoms with E-state index < -0.39 is 12.0 Å². The highest BCUT2D eigenvalue weighted by atomic mass is 16.5. The van der Waals surface area contributed by atoms with E-state index in [0.717, 1.165) is 0 Å². The molecule has 2 N–H and O–H groups in total. The number of urea groups is 1. The Kier molecular flexibility index (Phi) is 3.89. The van der Waals surface area contributed by atoms with E-state index in [2.05, 4.69) is 5.32 Å². The molecule has 0 radical (unpaired) electrons. The SMILES string of the molecule is COc1ccc(NC(=O)N2CCC[C@@H]2C(=O)O)cc1. The molecule has 0 spiro atoms. The molecule has 2 amide bonds. The number of rotatable bonds is 3. The monoisotopic (exact) mass is 264 g/mol. The molecule has 19 heavy (non-hydrogen) atoms. The van der Waals surface area contributed by atoms with Gasteiger partial charge in [-0.2, -0.15) is 0 Å². The van der Waals surface area contributed by atoms with E-state index in [1.54, 1.807) is 31.4 Å². The molecule has 2 rings (SSSR count). The number of nitrogens with one attached hydrogen (secondary N) is 1. The van der Waals surface area contributed by atoms with Gasteiger partial charge in [-0.05, 0) is 37.1 Å². The van der Waals surface area contributed by atoms with Crippen LogP contribution in [0, 0.1) is 0 Å². The van der Waals surface area contributed by atoms with Gasteiger partial charge in [0, 0.05) is 12.2 Å². The maximum atomic E-state index is 12.0. The minimum absolute atomic E-state index is 0.380. The van der Waals surface area contributed by atoms with Crippen molar-refractivity contribution in [3.8, 4) is 5.75 Å². The molecule has 1 atom stereocenters. The number of carboxylic acids is 1. The van der Waals surface area contributed by atoms with Crippen LogP contribution in [0.5, 0.6) is 5.75 Å². The summed E-state index contributed by atoms with van der Waals surface area (Å²) >= 11 is 0. The predicted molar refractivity (Wildman–Crippen MR) is 69.4 cm³/mol. The standard InChI is InChI=1S/C13H16N2O4/c1-19-10-6-4-9(5-7-10)14-13(18)15-8-2-3-11(15)12(16)17/h4-7,11H,2-3,8H2,1H3,(H,14,18)(H,16,17)/t11-/m1/s1. The van der Waals surface area contributed by atoms with Gasteiger partial charge in [0.15, 0.2) is 0 Å². The quantitative estimate of drug-likeness (QED) is 0.872. The fourth-order valence-electron chi connectivity index (χ4n) is 2.14. The van der Waals surface area contributed by atoms with Crippen LogP contribution >= 0.6 is 0 Å². The Hall–Kier alpha value is -2.24. The summed E-state index contributed by atoms with van der Waals surface area (Å²) in [5.41, 5.74) is 0.613. The molecule has 102 valence electrons. The molecule has 0 saturated carbocycles. The molecule has 1 fully saturated rings. The highest BCUT2D eigenvalue weighted by Crippen LogP contribution is 2.20. The minimum Gasteiger partial charge on any atom is -0.497 e. The van der Waals surface area contributed by atoms with Gasteiger partial charge < -0.3 is 20.1 Å². The van der Waals surface area contributed by atoms with Crippen LogP contribution in [0.3, 0.4) is 0 Å². The molecule has 0 aromatic heterocycles. The fraction of sp³-hybridized carbons (Fsp3) is 0.385. The van der Waals surface area contributed by atoms with Crippen molar-refractivity contribution in [2.24, 2.45) is 0 Å². The lowest BCUT2D eigenvalue weighted by Gasteiger charge is -2.21. The summed E-state index contributed by atoms with van der Waals surface area (Å²) in [7, 11) is 1.56. The van der Waals surface area contributed by atoms with Gasteiger partial charge in [-0.1, -0.05) is 0 Å². The number of hydrogen-bond donors (Lipinski definition) is 2. The molecular weight excluding hydrogens is 248 g/mol. The van der Waals surface area contributed by atoms with Crippen molar-refractivity contribution in [2.45, 2.75) is 18.9 Å². The van der Waals surface area contributed by atoms with E-state index in [-0.39, 0.29) is 6.03 Å². The number of likely N-dealkylation sites (tertiary alicyclic amines) is 1. The normalized spacial score (nSPS) is 18.2. The van der Waals surface area contributed by atoms with Gasteiger partial charge in [0.1, 0.15) is 11.8 Å². The van der Waals surface area contributed by atoms with Crippen molar-refractivity contribution in [3.05, 3.63) is 24.3 Å². The van der Waals surface area contributed by atoms with E-state index in [9.17, 15) is 9.59 Å². The summed E-state index contributed by atoms with van der Waals surface area (Å²) < 4.78 is 5.02. The lowest BCUT2D eigenvalue weighted by molar-refractivity contribution is -0.141. The summed E-state index contributed by atoms with van der Waals surface area (Å²) in [6, 6.07) is 5.78. The van der Waals surface area contributed by atoms with Crippen LogP contribution in [0.1, 0.15) is 12.8 Å². The summed E-state index contributed by atoms with van der Waals surface area (Å²) in [4.78, 5) is 24.4. The van der Waals surface area contributed by atoms with Crippen LogP contribution in [-0.2, 0) is 4.79 Å². The van der Waals surface area contributed by atoms with Crippen LogP contribution in [0.15, 0.2) is 24.3 Å². The number of benzene rings is 1. The largest absolute Gasteiger partial charge is 0.497 e. The lowest BCUT2D eigenvalue weighted by Crippen LogP contribution is -2.42. The molecule has 6 nitrogen and oxygen atoms in total. The van der Waals surface area contributed by atoms with Crippen molar-refractivity contribution in [2.75, 3.05) is 19.0 Å². The van der Waals surface area contributed by atoms with Gasteiger partial charge >= 0.3 is 12.0 Å². The van der Waals surface area contributed by atoms with E-state index in [1.165, 1.54) is 4.90 Å². The van der Waals surface area contributed by atoms with Crippen molar-refractivity contribution < 1.29 is 19.4 Å². The zero-order valence-electron chi connectivity index (χ0n) is 10.6. The molecule has 0 bridgehead atoms. The molecule has 1 aliphatic heterocycles. The zero-order chi connectivity index (χ0) is 13.8. The number of aliphatic carboxylic acids is 1. The fourth-order valence-corrected chi connectivity index (χ4v) is 2.14. The minimum atomic E-state index is -0.956. The van der Waals surface area contributed by atoms with Gasteiger partial charge in [0.2, 0.25) is 0 Å². The third kappa shape index (κ3) is 2.96. The van der Waals surface area contributed by atoms with Gasteiger partial charge in [0.05, 0.1) is 7.11 Å². The molecule has 1 saturated heterocycles. The number of methoxy groups -OCH3 is 1. The molecule has 1 aromatic rings. The van der Waals surface area contributed by atoms with Crippen LogP contribution in [0.4, 0.5) is 10.5 Å². The van der Waals surface area contributed by atoms with E-state index >= 15 is 0 Å². The highest BCUT2D eigenvalue weighted by molar-refractivity contribution is 5.92. The maximum Gasteiger partial charge on any atom is 0.326 e. The van der Waals surface area contributed by atoms with Crippen LogP contribution in [-0.4, -0.2) is 41.7 Å². The lowest BCUT2D eigenvalue weighted by atomic mass is 10.2. The topological polar surface area (TPSA) is 78.9 Å². The Balaban J connectivity index is 2.01. The number of carbonyl (C=O) groups is 2. The van der Waals surface area contributed by atoms with Gasteiger partial charge in [0.25, 0.3) is 0 Å². The predicted octanol–water partition coefficient (Wildman–Crippen LogP) is 1.78. The van der Waals surface area contributed by atoms with Gasteiger partial charge in [-0.25, -0.2) is 9.59 Å². The number of hydrogen-bond acceptors (Lipinski definition) is 3. The molecule has 1 heterocycles. The van der Waals surface area contributed by atoms with Crippen molar-refractivity contribution in [1.29, 1.82) is 0 Å². The molecule has 6 heteroatoms. The number of ether oxygens (including phenoxy) is 1. The second-order valence-corrected chi connectivity index (χ2v) is 4.35. The Labute approximate surface area is 111 Å². The zero-order valence-corrected chi connectivity index (χ0v) is 10.6. The molecule has 1 aromatic carbocycles. The van der Waals surface area contributed by atoms with Crippen LogP contribution in [0.25, 0.3) is 0 Å². The summed E-state index contributed by atoms with van der Waals surface area (Å²) in [6.45, 7) is 0.471. The highest BCUT2D eigenvalue weighted by Gasteiger charge is 2.33. The van der Waals surface area contributed by atoms with Crippen molar-refractivity contribution >= 4 is 17.7 Å². The molecule has 0 aliphatic carbocycles. The second kappa shape index (κ2) is 5.60. The number of nitrogens with zero attached hydrogens (tertiary/aromatic N) is 1.